The Morgan fingerprint density at radius 3 is 2.52 bits per heavy atom. The van der Waals surface area contributed by atoms with E-state index in [-0.39, 0.29) is 5.82 Å². The Hall–Kier alpha value is -1.55. The van der Waals surface area contributed by atoms with Crippen molar-refractivity contribution < 1.29 is 4.39 Å². The number of rotatable bonds is 7. The van der Waals surface area contributed by atoms with Gasteiger partial charge in [-0.1, -0.05) is 63.5 Å². The molecule has 1 aromatic carbocycles. The molecule has 0 saturated heterocycles. The molecule has 1 heteroatoms. The number of benzene rings is 1. The molecule has 1 aliphatic rings. The maximum absolute atomic E-state index is 14.1. The maximum atomic E-state index is 14.1. The van der Waals surface area contributed by atoms with Crippen LogP contribution in [0.3, 0.4) is 0 Å². The molecule has 0 aromatic heterocycles. The van der Waals surface area contributed by atoms with Gasteiger partial charge in [-0.15, -0.1) is 0 Å². The van der Waals surface area contributed by atoms with Gasteiger partial charge in [0.05, 0.1) is 5.56 Å². The van der Waals surface area contributed by atoms with Crippen LogP contribution in [0.15, 0.2) is 30.4 Å². The third-order valence-corrected chi connectivity index (χ3v) is 5.37. The summed E-state index contributed by atoms with van der Waals surface area (Å²) < 4.78 is 14.1. The maximum Gasteiger partial charge on any atom is 0.139 e. The number of aryl methyl sites for hydroxylation is 1. The van der Waals surface area contributed by atoms with E-state index < -0.39 is 0 Å². The van der Waals surface area contributed by atoms with E-state index in [2.05, 4.69) is 31.8 Å². The van der Waals surface area contributed by atoms with E-state index in [4.69, 9.17) is 0 Å². The van der Waals surface area contributed by atoms with Crippen molar-refractivity contribution in [3.63, 3.8) is 0 Å². The molecule has 1 saturated carbocycles. The topological polar surface area (TPSA) is 0 Å². The molecule has 0 heterocycles. The minimum Gasteiger partial charge on any atom is -0.206 e. The highest BCUT2D eigenvalue weighted by molar-refractivity contribution is 5.39. The number of hydrogen-bond donors (Lipinski definition) is 0. The van der Waals surface area contributed by atoms with Crippen LogP contribution in [-0.2, 0) is 6.42 Å². The molecule has 0 nitrogen and oxygen atoms in total. The molecule has 1 aromatic rings. The second-order valence-corrected chi connectivity index (χ2v) is 7.47. The van der Waals surface area contributed by atoms with Gasteiger partial charge in [0.15, 0.2) is 0 Å². The van der Waals surface area contributed by atoms with Gasteiger partial charge in [-0.25, -0.2) is 4.39 Å². The summed E-state index contributed by atoms with van der Waals surface area (Å²) in [6.07, 6.45) is 16.7. The van der Waals surface area contributed by atoms with Crippen molar-refractivity contribution in [1.82, 2.24) is 0 Å². The first kappa shape index (κ1) is 19.8. The number of halogens is 1. The molecule has 1 aliphatic carbocycles. The highest BCUT2D eigenvalue weighted by Gasteiger charge is 2.18. The van der Waals surface area contributed by atoms with E-state index in [9.17, 15) is 4.39 Å². The van der Waals surface area contributed by atoms with Crippen molar-refractivity contribution in [2.45, 2.75) is 78.1 Å². The monoisotopic (exact) mass is 340 g/mol. The summed E-state index contributed by atoms with van der Waals surface area (Å²) in [4.78, 5) is 0. The lowest BCUT2D eigenvalue weighted by Crippen LogP contribution is -2.12. The van der Waals surface area contributed by atoms with Crippen LogP contribution in [0.4, 0.5) is 4.39 Å². The summed E-state index contributed by atoms with van der Waals surface area (Å²) in [5.74, 6) is 7.40. The van der Waals surface area contributed by atoms with Crippen molar-refractivity contribution in [3.8, 4) is 11.8 Å². The van der Waals surface area contributed by atoms with Crippen molar-refractivity contribution in [3.05, 3.63) is 47.3 Å². The van der Waals surface area contributed by atoms with Gasteiger partial charge >= 0.3 is 0 Å². The largest absolute Gasteiger partial charge is 0.206 e. The molecule has 0 atom stereocenters. The molecule has 0 radical (unpaired) electrons. The van der Waals surface area contributed by atoms with E-state index in [1.54, 1.807) is 6.07 Å². The standard InChI is InChI=1S/C24H33F/c1-3-5-9-20-13-15-21(16-14-20)11-7-8-12-23-18-17-22(10-6-4-2)19-24(23)25/h7,11,17-21H,3-6,9-10,13-16H2,1-2H3/b11-7+. The Bertz CT molecular complexity index is 594. The molecular formula is C24H33F. The molecular weight excluding hydrogens is 307 g/mol. The average Bonchev–Trinajstić information content (AvgIpc) is 2.64. The van der Waals surface area contributed by atoms with Crippen LogP contribution >= 0.6 is 0 Å². The van der Waals surface area contributed by atoms with Crippen molar-refractivity contribution in [2.24, 2.45) is 11.8 Å². The predicted molar refractivity (Wildman–Crippen MR) is 106 cm³/mol. The Kier molecular flexibility index (Phi) is 8.81. The Morgan fingerprint density at radius 1 is 1.08 bits per heavy atom. The van der Waals surface area contributed by atoms with E-state index in [0.717, 1.165) is 30.7 Å². The average molecular weight is 341 g/mol. The summed E-state index contributed by atoms with van der Waals surface area (Å²) in [7, 11) is 0. The van der Waals surface area contributed by atoms with Crippen LogP contribution in [0.25, 0.3) is 0 Å². The Labute approximate surface area is 153 Å². The van der Waals surface area contributed by atoms with Crippen LogP contribution in [0, 0.1) is 29.5 Å². The van der Waals surface area contributed by atoms with Gasteiger partial charge in [-0.3, -0.25) is 0 Å². The molecule has 0 unspecified atom stereocenters. The zero-order valence-electron chi connectivity index (χ0n) is 16.0. The summed E-state index contributed by atoms with van der Waals surface area (Å²) in [6.45, 7) is 4.43. The lowest BCUT2D eigenvalue weighted by Gasteiger charge is -2.26. The molecule has 1 fully saturated rings. The van der Waals surface area contributed by atoms with Gasteiger partial charge in [-0.05, 0) is 74.1 Å². The summed E-state index contributed by atoms with van der Waals surface area (Å²) in [5, 5.41) is 0. The zero-order valence-corrected chi connectivity index (χ0v) is 16.0. The molecule has 0 spiro atoms. The van der Waals surface area contributed by atoms with Gasteiger partial charge < -0.3 is 0 Å². The molecule has 2 rings (SSSR count). The predicted octanol–water partition coefficient (Wildman–Crippen LogP) is 7.07. The van der Waals surface area contributed by atoms with Gasteiger partial charge in [0.2, 0.25) is 0 Å². The number of allylic oxidation sites excluding steroid dienone is 2. The minimum atomic E-state index is -0.189. The van der Waals surface area contributed by atoms with Gasteiger partial charge in [0.1, 0.15) is 5.82 Å². The van der Waals surface area contributed by atoms with Gasteiger partial charge in [-0.2, -0.15) is 0 Å². The SMILES string of the molecule is CCCCc1ccc(C#C/C=C/C2CCC(CCCC)CC2)c(F)c1. The van der Waals surface area contributed by atoms with Crippen molar-refractivity contribution in [1.29, 1.82) is 0 Å². The van der Waals surface area contributed by atoms with E-state index in [0.29, 0.717) is 11.5 Å². The fourth-order valence-electron chi connectivity index (χ4n) is 3.66. The third kappa shape index (κ3) is 7.07. The first-order chi connectivity index (χ1) is 12.2. The Morgan fingerprint density at radius 2 is 1.84 bits per heavy atom. The minimum absolute atomic E-state index is 0.189. The van der Waals surface area contributed by atoms with Crippen molar-refractivity contribution in [2.75, 3.05) is 0 Å². The smallest absolute Gasteiger partial charge is 0.139 e. The van der Waals surface area contributed by atoms with Crippen LogP contribution in [0.2, 0.25) is 0 Å². The van der Waals surface area contributed by atoms with Crippen LogP contribution in [-0.4, -0.2) is 0 Å². The molecule has 136 valence electrons. The molecule has 0 aliphatic heterocycles. The second-order valence-electron chi connectivity index (χ2n) is 7.47. The number of unbranched alkanes of at least 4 members (excludes halogenated alkanes) is 2. The fourth-order valence-corrected chi connectivity index (χ4v) is 3.66. The summed E-state index contributed by atoms with van der Waals surface area (Å²) in [5.41, 5.74) is 1.58. The molecule has 25 heavy (non-hydrogen) atoms. The summed E-state index contributed by atoms with van der Waals surface area (Å²) >= 11 is 0. The van der Waals surface area contributed by atoms with E-state index >= 15 is 0 Å². The van der Waals surface area contributed by atoms with E-state index in [1.165, 1.54) is 44.9 Å². The summed E-state index contributed by atoms with van der Waals surface area (Å²) in [6, 6.07) is 5.46. The molecule has 0 N–H and O–H groups in total. The lowest BCUT2D eigenvalue weighted by atomic mass is 9.80. The van der Waals surface area contributed by atoms with Crippen molar-refractivity contribution >= 4 is 0 Å². The quantitative estimate of drug-likeness (QED) is 0.465. The van der Waals surface area contributed by atoms with Crippen LogP contribution in [0.5, 0.6) is 0 Å². The lowest BCUT2D eigenvalue weighted by molar-refractivity contribution is 0.291. The second kappa shape index (κ2) is 11.1. The van der Waals surface area contributed by atoms with Gasteiger partial charge in [0, 0.05) is 0 Å². The first-order valence-corrected chi connectivity index (χ1v) is 10.2. The van der Waals surface area contributed by atoms with Crippen LogP contribution in [0.1, 0.15) is 82.8 Å². The third-order valence-electron chi connectivity index (χ3n) is 5.37. The number of hydrogen-bond acceptors (Lipinski definition) is 0. The zero-order chi connectivity index (χ0) is 17.9. The van der Waals surface area contributed by atoms with Gasteiger partial charge in [0.25, 0.3) is 0 Å². The van der Waals surface area contributed by atoms with E-state index in [1.807, 2.05) is 18.2 Å². The van der Waals surface area contributed by atoms with Crippen LogP contribution < -0.4 is 0 Å². The Balaban J connectivity index is 1.81. The highest BCUT2D eigenvalue weighted by atomic mass is 19.1. The normalized spacial score (nSPS) is 20.4. The highest BCUT2D eigenvalue weighted by Crippen LogP contribution is 2.32. The first-order valence-electron chi connectivity index (χ1n) is 10.2. The molecule has 0 bridgehead atoms. The molecule has 0 amide bonds. The fraction of sp³-hybridized carbons (Fsp3) is 0.583.